The summed E-state index contributed by atoms with van der Waals surface area (Å²) in [6.07, 6.45) is 0. The molecule has 3 nitrogen and oxygen atoms in total. The molecule has 0 aliphatic heterocycles. The summed E-state index contributed by atoms with van der Waals surface area (Å²) in [4.78, 5) is 13.6. The zero-order chi connectivity index (χ0) is 17.1. The molecule has 0 aliphatic rings. The molecule has 0 bridgehead atoms. The highest BCUT2D eigenvalue weighted by molar-refractivity contribution is 14.1. The predicted octanol–water partition coefficient (Wildman–Crippen LogP) is 5.57. The van der Waals surface area contributed by atoms with E-state index in [1.165, 1.54) is 11.3 Å². The lowest BCUT2D eigenvalue weighted by atomic mass is 9.94. The molecule has 1 aromatic heterocycles. The average molecular weight is 450 g/mol. The van der Waals surface area contributed by atoms with Gasteiger partial charge in [-0.3, -0.25) is 0 Å². The van der Waals surface area contributed by atoms with Crippen LogP contribution >= 0.6 is 33.9 Å². The second-order valence-corrected chi connectivity index (χ2v) is 7.10. The van der Waals surface area contributed by atoms with Gasteiger partial charge in [-0.2, -0.15) is 0 Å². The lowest BCUT2D eigenvalue weighted by molar-refractivity contribution is 0.0528. The third kappa shape index (κ3) is 3.18. The minimum Gasteiger partial charge on any atom is -0.507 e. The standard InChI is InChI=1S/C19H15IO3S/c1-2-23-19(22)17-13(15-9-6-10-24-15)11-14(21)18(20)16(17)12-7-4-3-5-8-12/h3-11,21H,2H2,1H3. The summed E-state index contributed by atoms with van der Waals surface area (Å²) < 4.78 is 5.95. The normalized spacial score (nSPS) is 10.6. The van der Waals surface area contributed by atoms with E-state index in [4.69, 9.17) is 4.74 Å². The Labute approximate surface area is 158 Å². The lowest BCUT2D eigenvalue weighted by Crippen LogP contribution is -2.09. The van der Waals surface area contributed by atoms with E-state index in [2.05, 4.69) is 22.6 Å². The number of phenolic OH excluding ortho intramolecular Hbond substituents is 1. The summed E-state index contributed by atoms with van der Waals surface area (Å²) in [6.45, 7) is 2.09. The topological polar surface area (TPSA) is 46.5 Å². The van der Waals surface area contributed by atoms with Crippen molar-refractivity contribution < 1.29 is 14.6 Å². The van der Waals surface area contributed by atoms with Gasteiger partial charge in [0, 0.05) is 16.0 Å². The SMILES string of the molecule is CCOC(=O)c1c(-c2cccs2)cc(O)c(I)c1-c1ccccc1. The molecule has 0 saturated heterocycles. The Balaban J connectivity index is 2.36. The van der Waals surface area contributed by atoms with Crippen LogP contribution in [0.2, 0.25) is 0 Å². The first kappa shape index (κ1) is 17.0. The van der Waals surface area contributed by atoms with Gasteiger partial charge in [-0.1, -0.05) is 36.4 Å². The maximum absolute atomic E-state index is 12.7. The van der Waals surface area contributed by atoms with Crippen LogP contribution in [0.3, 0.4) is 0 Å². The molecule has 2 aromatic carbocycles. The van der Waals surface area contributed by atoms with Gasteiger partial charge in [-0.25, -0.2) is 4.79 Å². The van der Waals surface area contributed by atoms with Crippen LogP contribution in [-0.4, -0.2) is 17.7 Å². The summed E-state index contributed by atoms with van der Waals surface area (Å²) >= 11 is 3.60. The van der Waals surface area contributed by atoms with E-state index in [0.29, 0.717) is 26.9 Å². The predicted molar refractivity (Wildman–Crippen MR) is 106 cm³/mol. The van der Waals surface area contributed by atoms with Crippen LogP contribution in [0, 0.1) is 3.57 Å². The molecule has 24 heavy (non-hydrogen) atoms. The number of halogens is 1. The molecule has 0 unspecified atom stereocenters. The molecule has 3 rings (SSSR count). The van der Waals surface area contributed by atoms with E-state index in [1.54, 1.807) is 13.0 Å². The van der Waals surface area contributed by atoms with Gasteiger partial charge in [0.1, 0.15) is 5.75 Å². The molecular weight excluding hydrogens is 435 g/mol. The fourth-order valence-corrected chi connectivity index (χ4v) is 4.05. The molecule has 3 aromatic rings. The first-order valence-electron chi connectivity index (χ1n) is 7.45. The maximum atomic E-state index is 12.7. The first-order valence-corrected chi connectivity index (χ1v) is 9.41. The van der Waals surface area contributed by atoms with Crippen LogP contribution in [0.1, 0.15) is 17.3 Å². The van der Waals surface area contributed by atoms with Crippen molar-refractivity contribution in [1.82, 2.24) is 0 Å². The van der Waals surface area contributed by atoms with Crippen LogP contribution in [0.5, 0.6) is 5.75 Å². The van der Waals surface area contributed by atoms with E-state index in [-0.39, 0.29) is 11.7 Å². The molecule has 0 spiro atoms. The molecule has 1 heterocycles. The van der Waals surface area contributed by atoms with E-state index in [0.717, 1.165) is 10.4 Å². The van der Waals surface area contributed by atoms with Crippen molar-refractivity contribution in [1.29, 1.82) is 0 Å². The second-order valence-electron chi connectivity index (χ2n) is 5.07. The monoisotopic (exact) mass is 450 g/mol. The molecule has 0 atom stereocenters. The van der Waals surface area contributed by atoms with Crippen molar-refractivity contribution in [2.75, 3.05) is 6.61 Å². The number of benzene rings is 2. The highest BCUT2D eigenvalue weighted by Crippen LogP contribution is 2.42. The van der Waals surface area contributed by atoms with E-state index in [9.17, 15) is 9.90 Å². The Kier molecular flexibility index (Phi) is 5.20. The third-order valence-corrected chi connectivity index (χ3v) is 5.57. The molecule has 1 N–H and O–H groups in total. The van der Waals surface area contributed by atoms with E-state index < -0.39 is 0 Å². The Morgan fingerprint density at radius 3 is 2.58 bits per heavy atom. The molecule has 0 radical (unpaired) electrons. The Bertz CT molecular complexity index is 858. The van der Waals surface area contributed by atoms with Gasteiger partial charge in [0.2, 0.25) is 0 Å². The van der Waals surface area contributed by atoms with Gasteiger partial charge in [-0.05, 0) is 52.6 Å². The minimum absolute atomic E-state index is 0.158. The Morgan fingerprint density at radius 1 is 1.21 bits per heavy atom. The minimum atomic E-state index is -0.377. The van der Waals surface area contributed by atoms with Gasteiger partial charge >= 0.3 is 5.97 Å². The molecule has 0 fully saturated rings. The number of carbonyl (C=O) groups excluding carboxylic acids is 1. The second kappa shape index (κ2) is 7.36. The molecular formula is C19H15IO3S. The fourth-order valence-electron chi connectivity index (χ4n) is 2.56. The van der Waals surface area contributed by atoms with Crippen molar-refractivity contribution in [3.8, 4) is 27.3 Å². The molecule has 122 valence electrons. The number of rotatable bonds is 4. The van der Waals surface area contributed by atoms with E-state index in [1.807, 2.05) is 47.8 Å². The van der Waals surface area contributed by atoms with Crippen LogP contribution in [-0.2, 0) is 4.74 Å². The number of hydrogen-bond donors (Lipinski definition) is 1. The quantitative estimate of drug-likeness (QED) is 0.418. The number of ether oxygens (including phenoxy) is 1. The van der Waals surface area contributed by atoms with Crippen LogP contribution in [0.25, 0.3) is 21.6 Å². The summed E-state index contributed by atoms with van der Waals surface area (Å²) in [5.41, 5.74) is 2.77. The van der Waals surface area contributed by atoms with Crippen molar-refractivity contribution in [2.45, 2.75) is 6.92 Å². The maximum Gasteiger partial charge on any atom is 0.339 e. The zero-order valence-corrected chi connectivity index (χ0v) is 15.9. The average Bonchev–Trinajstić information content (AvgIpc) is 3.12. The van der Waals surface area contributed by atoms with Crippen molar-refractivity contribution in [2.24, 2.45) is 0 Å². The molecule has 0 saturated carbocycles. The van der Waals surface area contributed by atoms with Crippen molar-refractivity contribution in [3.05, 3.63) is 63.0 Å². The summed E-state index contributed by atoms with van der Waals surface area (Å²) in [5, 5.41) is 12.4. The molecule has 0 amide bonds. The lowest BCUT2D eigenvalue weighted by Gasteiger charge is -2.16. The summed E-state index contributed by atoms with van der Waals surface area (Å²) in [6, 6.07) is 15.1. The fraction of sp³-hybridized carbons (Fsp3) is 0.105. The van der Waals surface area contributed by atoms with Crippen molar-refractivity contribution in [3.63, 3.8) is 0 Å². The van der Waals surface area contributed by atoms with Gasteiger partial charge in [-0.15, -0.1) is 11.3 Å². The van der Waals surface area contributed by atoms with Gasteiger partial charge < -0.3 is 9.84 Å². The Hall–Kier alpha value is -1.86. The number of thiophene rings is 1. The third-order valence-electron chi connectivity index (χ3n) is 3.57. The highest BCUT2D eigenvalue weighted by Gasteiger charge is 2.25. The highest BCUT2D eigenvalue weighted by atomic mass is 127. The largest absolute Gasteiger partial charge is 0.507 e. The first-order chi connectivity index (χ1) is 11.6. The van der Waals surface area contributed by atoms with Crippen LogP contribution < -0.4 is 0 Å². The van der Waals surface area contributed by atoms with Crippen molar-refractivity contribution >= 4 is 39.9 Å². The van der Waals surface area contributed by atoms with Gasteiger partial charge in [0.15, 0.2) is 0 Å². The van der Waals surface area contributed by atoms with Crippen LogP contribution in [0.4, 0.5) is 0 Å². The Morgan fingerprint density at radius 2 is 1.96 bits per heavy atom. The molecule has 0 aliphatic carbocycles. The van der Waals surface area contributed by atoms with Gasteiger partial charge in [0.25, 0.3) is 0 Å². The number of aromatic hydroxyl groups is 1. The number of esters is 1. The smallest absolute Gasteiger partial charge is 0.339 e. The number of carbonyl (C=O) groups is 1. The van der Waals surface area contributed by atoms with Crippen LogP contribution in [0.15, 0.2) is 53.9 Å². The molecule has 5 heteroatoms. The van der Waals surface area contributed by atoms with Gasteiger partial charge in [0.05, 0.1) is 15.7 Å². The number of phenols is 1. The number of hydrogen-bond acceptors (Lipinski definition) is 4. The van der Waals surface area contributed by atoms with E-state index >= 15 is 0 Å². The zero-order valence-electron chi connectivity index (χ0n) is 13.0. The summed E-state index contributed by atoms with van der Waals surface area (Å²) in [5.74, 6) is -0.219. The summed E-state index contributed by atoms with van der Waals surface area (Å²) in [7, 11) is 0.